The van der Waals surface area contributed by atoms with Gasteiger partial charge >= 0.3 is 0 Å². The van der Waals surface area contributed by atoms with E-state index < -0.39 is 0 Å². The highest BCUT2D eigenvalue weighted by Gasteiger charge is 2.19. The second-order valence-corrected chi connectivity index (χ2v) is 4.59. The first-order valence-corrected chi connectivity index (χ1v) is 6.12. The van der Waals surface area contributed by atoms with Gasteiger partial charge in [0.05, 0.1) is 0 Å². The number of aromatic nitrogens is 1. The summed E-state index contributed by atoms with van der Waals surface area (Å²) in [6.45, 7) is 2.06. The van der Waals surface area contributed by atoms with Gasteiger partial charge < -0.3 is 10.3 Å². The number of nitrogens with zero attached hydrogens (tertiary/aromatic N) is 1. The topological polar surface area (TPSA) is 52.0 Å². The van der Waals surface area contributed by atoms with Crippen LogP contribution in [0.25, 0.3) is 11.3 Å². The highest BCUT2D eigenvalue weighted by atomic mass is 35.5. The first-order chi connectivity index (χ1) is 8.28. The average molecular weight is 265 g/mol. The molecule has 1 heterocycles. The minimum absolute atomic E-state index is 0. The Morgan fingerprint density at radius 1 is 1.39 bits per heavy atom. The fraction of sp³-hybridized carbons (Fsp3) is 0.357. The second kappa shape index (κ2) is 5.12. The zero-order valence-corrected chi connectivity index (χ0v) is 11.2. The van der Waals surface area contributed by atoms with E-state index >= 15 is 0 Å². The molecule has 3 nitrogen and oxygen atoms in total. The van der Waals surface area contributed by atoms with Gasteiger partial charge in [-0.1, -0.05) is 24.2 Å². The van der Waals surface area contributed by atoms with Gasteiger partial charge in [-0.2, -0.15) is 0 Å². The zero-order chi connectivity index (χ0) is 11.8. The zero-order valence-electron chi connectivity index (χ0n) is 10.3. The standard InChI is InChI=1S/C14H16N2O.ClH/c1-2-11-8-14(16-17-11)10-3-5-12-9(7-10)4-6-13(12)15;/h3,5,7-8,13H,2,4,6,15H2,1H3;1H. The maximum absolute atomic E-state index is 6.03. The minimum atomic E-state index is 0. The van der Waals surface area contributed by atoms with Gasteiger partial charge in [-0.3, -0.25) is 0 Å². The Morgan fingerprint density at radius 3 is 2.94 bits per heavy atom. The van der Waals surface area contributed by atoms with Gasteiger partial charge in [0.25, 0.3) is 0 Å². The van der Waals surface area contributed by atoms with Crippen LogP contribution in [0.3, 0.4) is 0 Å². The Balaban J connectivity index is 0.00000120. The van der Waals surface area contributed by atoms with Crippen molar-refractivity contribution in [2.45, 2.75) is 32.2 Å². The van der Waals surface area contributed by atoms with Gasteiger partial charge in [0.15, 0.2) is 0 Å². The summed E-state index contributed by atoms with van der Waals surface area (Å²) in [7, 11) is 0. The van der Waals surface area contributed by atoms with Crippen LogP contribution in [-0.2, 0) is 12.8 Å². The van der Waals surface area contributed by atoms with Crippen LogP contribution in [0, 0.1) is 0 Å². The summed E-state index contributed by atoms with van der Waals surface area (Å²) in [5.41, 5.74) is 10.7. The third-order valence-corrected chi connectivity index (χ3v) is 3.47. The largest absolute Gasteiger partial charge is 0.361 e. The maximum atomic E-state index is 6.03. The van der Waals surface area contributed by atoms with Gasteiger partial charge in [0.1, 0.15) is 11.5 Å². The summed E-state index contributed by atoms with van der Waals surface area (Å²) in [5, 5.41) is 4.10. The van der Waals surface area contributed by atoms with Crippen molar-refractivity contribution in [3.05, 3.63) is 41.2 Å². The molecule has 0 saturated heterocycles. The van der Waals surface area contributed by atoms with Crippen LogP contribution in [0.2, 0.25) is 0 Å². The van der Waals surface area contributed by atoms with Crippen LogP contribution in [0.1, 0.15) is 36.3 Å². The first-order valence-electron chi connectivity index (χ1n) is 6.12. The SMILES string of the molecule is CCc1cc(-c2ccc3c(c2)CCC3N)no1.Cl. The van der Waals surface area contributed by atoms with Crippen molar-refractivity contribution in [2.75, 3.05) is 0 Å². The summed E-state index contributed by atoms with van der Waals surface area (Å²) >= 11 is 0. The highest BCUT2D eigenvalue weighted by Crippen LogP contribution is 2.32. The van der Waals surface area contributed by atoms with E-state index in [1.807, 2.05) is 6.07 Å². The van der Waals surface area contributed by atoms with Crippen molar-refractivity contribution in [3.8, 4) is 11.3 Å². The van der Waals surface area contributed by atoms with Crippen LogP contribution in [0.5, 0.6) is 0 Å². The minimum Gasteiger partial charge on any atom is -0.361 e. The number of benzene rings is 1. The summed E-state index contributed by atoms with van der Waals surface area (Å²) in [4.78, 5) is 0. The van der Waals surface area contributed by atoms with Crippen LogP contribution in [-0.4, -0.2) is 5.16 Å². The van der Waals surface area contributed by atoms with Crippen LogP contribution in [0.4, 0.5) is 0 Å². The molecule has 0 saturated carbocycles. The van der Waals surface area contributed by atoms with Gasteiger partial charge in [-0.25, -0.2) is 0 Å². The highest BCUT2D eigenvalue weighted by molar-refractivity contribution is 5.85. The van der Waals surface area contributed by atoms with E-state index in [1.165, 1.54) is 11.1 Å². The normalized spacial score (nSPS) is 17.3. The third-order valence-electron chi connectivity index (χ3n) is 3.47. The molecule has 1 aromatic heterocycles. The first kappa shape index (κ1) is 13.1. The Morgan fingerprint density at radius 2 is 2.22 bits per heavy atom. The van der Waals surface area contributed by atoms with E-state index in [9.17, 15) is 0 Å². The van der Waals surface area contributed by atoms with E-state index in [1.54, 1.807) is 0 Å². The molecule has 2 N–H and O–H groups in total. The molecule has 1 atom stereocenters. The molecule has 0 fully saturated rings. The van der Waals surface area contributed by atoms with Crippen molar-refractivity contribution in [2.24, 2.45) is 5.73 Å². The molecular weight excluding hydrogens is 248 g/mol. The lowest BCUT2D eigenvalue weighted by atomic mass is 10.0. The lowest BCUT2D eigenvalue weighted by Crippen LogP contribution is -2.04. The van der Waals surface area contributed by atoms with E-state index in [0.717, 1.165) is 36.3 Å². The lowest BCUT2D eigenvalue weighted by molar-refractivity contribution is 0.389. The monoisotopic (exact) mass is 264 g/mol. The third kappa shape index (κ3) is 2.16. The van der Waals surface area contributed by atoms with Crippen molar-refractivity contribution in [3.63, 3.8) is 0 Å². The molecule has 1 aliphatic rings. The number of aryl methyl sites for hydroxylation is 2. The number of fused-ring (bicyclic) bond motifs is 1. The molecule has 3 rings (SSSR count). The van der Waals surface area contributed by atoms with Crippen LogP contribution in [0.15, 0.2) is 28.8 Å². The average Bonchev–Trinajstić information content (AvgIpc) is 2.96. The molecule has 1 unspecified atom stereocenters. The number of nitrogens with two attached hydrogens (primary N) is 1. The van der Waals surface area contributed by atoms with Gasteiger partial charge in [0, 0.05) is 24.1 Å². The van der Waals surface area contributed by atoms with E-state index in [-0.39, 0.29) is 18.4 Å². The Bertz CT molecular complexity index is 550. The predicted octanol–water partition coefficient (Wildman–Crippen LogP) is 3.27. The fourth-order valence-corrected chi connectivity index (χ4v) is 2.43. The number of hydrogen-bond donors (Lipinski definition) is 1. The molecular formula is C14H17ClN2O. The molecule has 4 heteroatoms. The smallest absolute Gasteiger partial charge is 0.137 e. The van der Waals surface area contributed by atoms with E-state index in [4.69, 9.17) is 10.3 Å². The van der Waals surface area contributed by atoms with Crippen molar-refractivity contribution in [1.82, 2.24) is 5.16 Å². The quantitative estimate of drug-likeness (QED) is 0.906. The maximum Gasteiger partial charge on any atom is 0.137 e. The molecule has 2 aromatic rings. The Labute approximate surface area is 113 Å². The van der Waals surface area contributed by atoms with Gasteiger partial charge in [0.2, 0.25) is 0 Å². The second-order valence-electron chi connectivity index (χ2n) is 4.59. The summed E-state index contributed by atoms with van der Waals surface area (Å²) in [6, 6.07) is 8.63. The van der Waals surface area contributed by atoms with Crippen molar-refractivity contribution < 1.29 is 4.52 Å². The summed E-state index contributed by atoms with van der Waals surface area (Å²) < 4.78 is 5.23. The molecule has 0 aliphatic heterocycles. The molecule has 1 aromatic carbocycles. The molecule has 0 bridgehead atoms. The van der Waals surface area contributed by atoms with Gasteiger partial charge in [-0.15, -0.1) is 12.4 Å². The van der Waals surface area contributed by atoms with Crippen LogP contribution < -0.4 is 5.73 Å². The number of hydrogen-bond acceptors (Lipinski definition) is 3. The lowest BCUT2D eigenvalue weighted by Gasteiger charge is -2.05. The number of halogens is 1. The van der Waals surface area contributed by atoms with Gasteiger partial charge in [-0.05, 0) is 30.0 Å². The fourth-order valence-electron chi connectivity index (χ4n) is 2.43. The molecule has 1 aliphatic carbocycles. The predicted molar refractivity (Wildman–Crippen MR) is 73.8 cm³/mol. The van der Waals surface area contributed by atoms with Crippen molar-refractivity contribution in [1.29, 1.82) is 0 Å². The summed E-state index contributed by atoms with van der Waals surface area (Å²) in [5.74, 6) is 0.928. The molecule has 0 amide bonds. The Hall–Kier alpha value is -1.32. The van der Waals surface area contributed by atoms with Crippen molar-refractivity contribution >= 4 is 12.4 Å². The van der Waals surface area contributed by atoms with E-state index in [2.05, 4.69) is 30.3 Å². The number of rotatable bonds is 2. The molecule has 96 valence electrons. The summed E-state index contributed by atoms with van der Waals surface area (Å²) in [6.07, 6.45) is 3.00. The van der Waals surface area contributed by atoms with Crippen LogP contribution >= 0.6 is 12.4 Å². The molecule has 0 radical (unpaired) electrons. The van der Waals surface area contributed by atoms with E-state index in [0.29, 0.717) is 0 Å². The molecule has 18 heavy (non-hydrogen) atoms. The Kier molecular flexibility index (Phi) is 3.73. The molecule has 0 spiro atoms.